The van der Waals surface area contributed by atoms with Gasteiger partial charge in [-0.1, -0.05) is 30.3 Å². The van der Waals surface area contributed by atoms with Gasteiger partial charge in [-0.05, 0) is 17.7 Å². The third-order valence-corrected chi connectivity index (χ3v) is 2.48. The third kappa shape index (κ3) is 1.97. The molecule has 1 aromatic heterocycles. The van der Waals surface area contributed by atoms with Gasteiger partial charge in [-0.2, -0.15) is 0 Å². The molecule has 0 aliphatic heterocycles. The van der Waals surface area contributed by atoms with Crippen LogP contribution in [-0.4, -0.2) is 21.6 Å². The summed E-state index contributed by atoms with van der Waals surface area (Å²) in [4.78, 5) is 22.5. The molecule has 86 valence electrons. The number of carbonyl (C=O) groups is 2. The number of nitrogens with zero attached hydrogens (tertiary/aromatic N) is 1. The molecule has 2 rings (SSSR count). The molecular weight excluding hydrogens is 218 g/mol. The zero-order valence-electron chi connectivity index (χ0n) is 9.25. The van der Waals surface area contributed by atoms with Gasteiger partial charge in [0.25, 0.3) is 0 Å². The number of rotatable bonds is 2. The summed E-state index contributed by atoms with van der Waals surface area (Å²) < 4.78 is 1.21. The molecule has 4 nitrogen and oxygen atoms in total. The topological polar surface area (TPSA) is 59.3 Å². The molecule has 0 fully saturated rings. The summed E-state index contributed by atoms with van der Waals surface area (Å²) in [7, 11) is 0. The van der Waals surface area contributed by atoms with Gasteiger partial charge in [-0.3, -0.25) is 9.36 Å². The van der Waals surface area contributed by atoms with Crippen LogP contribution in [0.2, 0.25) is 0 Å². The highest BCUT2D eigenvalue weighted by Crippen LogP contribution is 2.22. The molecule has 0 aliphatic carbocycles. The zero-order valence-corrected chi connectivity index (χ0v) is 9.25. The van der Waals surface area contributed by atoms with E-state index in [-0.39, 0.29) is 11.6 Å². The van der Waals surface area contributed by atoms with E-state index in [1.165, 1.54) is 17.6 Å². The monoisotopic (exact) mass is 229 g/mol. The fourth-order valence-corrected chi connectivity index (χ4v) is 1.78. The quantitative estimate of drug-likeness (QED) is 0.860. The van der Waals surface area contributed by atoms with E-state index in [9.17, 15) is 9.59 Å². The van der Waals surface area contributed by atoms with E-state index in [1.54, 1.807) is 6.07 Å². The Kier molecular flexibility index (Phi) is 2.78. The lowest BCUT2D eigenvalue weighted by Gasteiger charge is -2.07. The Hall–Kier alpha value is -2.36. The summed E-state index contributed by atoms with van der Waals surface area (Å²) in [6.07, 6.45) is 0. The minimum Gasteiger partial charge on any atom is -0.477 e. The summed E-state index contributed by atoms with van der Waals surface area (Å²) in [5.74, 6) is -1.42. The molecular formula is C13H11NO3. The van der Waals surface area contributed by atoms with Crippen LogP contribution in [0.4, 0.5) is 0 Å². The molecule has 0 unspecified atom stereocenters. The highest BCUT2D eigenvalue weighted by molar-refractivity contribution is 5.95. The number of carboxylic acids is 1. The predicted octanol–water partition coefficient (Wildman–Crippen LogP) is 2.51. The number of benzene rings is 1. The zero-order chi connectivity index (χ0) is 12.4. The van der Waals surface area contributed by atoms with E-state index >= 15 is 0 Å². The lowest BCUT2D eigenvalue weighted by molar-refractivity contribution is 0.0675. The van der Waals surface area contributed by atoms with E-state index in [1.807, 2.05) is 30.3 Å². The van der Waals surface area contributed by atoms with Crippen LogP contribution >= 0.6 is 0 Å². The number of carboxylic acid groups (broad SMARTS) is 1. The maximum atomic E-state index is 11.5. The van der Waals surface area contributed by atoms with Crippen molar-refractivity contribution in [2.45, 2.75) is 6.92 Å². The first-order valence-electron chi connectivity index (χ1n) is 5.12. The van der Waals surface area contributed by atoms with Crippen LogP contribution in [0.1, 0.15) is 22.2 Å². The number of carbonyl (C=O) groups excluding carboxylic acids is 1. The minimum atomic E-state index is -1.11. The first-order valence-corrected chi connectivity index (χ1v) is 5.12. The Balaban J connectivity index is 2.64. The van der Waals surface area contributed by atoms with Crippen LogP contribution in [0.15, 0.2) is 42.5 Å². The average molecular weight is 229 g/mol. The van der Waals surface area contributed by atoms with Crippen LogP contribution in [0.25, 0.3) is 11.3 Å². The van der Waals surface area contributed by atoms with Crippen molar-refractivity contribution >= 4 is 11.9 Å². The Morgan fingerprint density at radius 2 is 1.71 bits per heavy atom. The van der Waals surface area contributed by atoms with Crippen LogP contribution in [-0.2, 0) is 0 Å². The molecule has 2 aromatic rings. The van der Waals surface area contributed by atoms with E-state index in [0.29, 0.717) is 5.69 Å². The average Bonchev–Trinajstić information content (AvgIpc) is 2.74. The second-order valence-corrected chi connectivity index (χ2v) is 3.63. The summed E-state index contributed by atoms with van der Waals surface area (Å²) in [6.45, 7) is 1.35. The number of hydrogen-bond acceptors (Lipinski definition) is 2. The van der Waals surface area contributed by atoms with Crippen molar-refractivity contribution < 1.29 is 14.7 Å². The van der Waals surface area contributed by atoms with Gasteiger partial charge in [0.05, 0.1) is 5.69 Å². The normalized spacial score (nSPS) is 10.2. The summed E-state index contributed by atoms with van der Waals surface area (Å²) in [6, 6.07) is 12.3. The Morgan fingerprint density at radius 3 is 2.24 bits per heavy atom. The maximum absolute atomic E-state index is 11.5. The highest BCUT2D eigenvalue weighted by atomic mass is 16.4. The minimum absolute atomic E-state index is 0.0173. The fourth-order valence-electron chi connectivity index (χ4n) is 1.78. The molecule has 1 heterocycles. The van der Waals surface area contributed by atoms with E-state index in [2.05, 4.69) is 0 Å². The molecule has 1 aromatic carbocycles. The van der Waals surface area contributed by atoms with Gasteiger partial charge in [0.15, 0.2) is 0 Å². The molecule has 0 atom stereocenters. The van der Waals surface area contributed by atoms with Crippen LogP contribution in [0, 0.1) is 0 Å². The molecule has 0 saturated carbocycles. The Bertz CT molecular complexity index is 570. The predicted molar refractivity (Wildman–Crippen MR) is 63.1 cm³/mol. The summed E-state index contributed by atoms with van der Waals surface area (Å²) in [5.41, 5.74) is 1.39. The highest BCUT2D eigenvalue weighted by Gasteiger charge is 2.17. The van der Waals surface area contributed by atoms with Crippen molar-refractivity contribution in [2.24, 2.45) is 0 Å². The molecule has 0 amide bonds. The molecule has 4 heteroatoms. The van der Waals surface area contributed by atoms with Crippen LogP contribution < -0.4 is 0 Å². The number of hydrogen-bond donors (Lipinski definition) is 1. The molecule has 0 aliphatic rings. The van der Waals surface area contributed by atoms with Gasteiger partial charge in [0.1, 0.15) is 5.69 Å². The largest absolute Gasteiger partial charge is 0.477 e. The van der Waals surface area contributed by atoms with Gasteiger partial charge in [0, 0.05) is 6.92 Å². The van der Waals surface area contributed by atoms with Crippen molar-refractivity contribution in [3.05, 3.63) is 48.2 Å². The Morgan fingerprint density at radius 1 is 1.06 bits per heavy atom. The van der Waals surface area contributed by atoms with Crippen molar-refractivity contribution in [3.63, 3.8) is 0 Å². The number of aromatic carboxylic acids is 1. The molecule has 0 radical (unpaired) electrons. The van der Waals surface area contributed by atoms with Gasteiger partial charge in [0.2, 0.25) is 5.91 Å². The van der Waals surface area contributed by atoms with Crippen LogP contribution in [0.5, 0.6) is 0 Å². The first kappa shape index (κ1) is 11.1. The van der Waals surface area contributed by atoms with Gasteiger partial charge in [-0.25, -0.2) is 4.79 Å². The third-order valence-electron chi connectivity index (χ3n) is 2.48. The lowest BCUT2D eigenvalue weighted by Crippen LogP contribution is -2.14. The molecule has 0 spiro atoms. The summed E-state index contributed by atoms with van der Waals surface area (Å²) in [5, 5.41) is 9.00. The van der Waals surface area contributed by atoms with E-state index < -0.39 is 5.97 Å². The lowest BCUT2D eigenvalue weighted by atomic mass is 10.1. The van der Waals surface area contributed by atoms with E-state index in [0.717, 1.165) is 5.56 Å². The standard InChI is InChI=1S/C13H11NO3/c1-9(15)14-11(7-8-12(14)13(16)17)10-5-3-2-4-6-10/h2-8H,1H3,(H,16,17). The maximum Gasteiger partial charge on any atom is 0.352 e. The molecule has 0 bridgehead atoms. The van der Waals surface area contributed by atoms with E-state index in [4.69, 9.17) is 5.11 Å². The van der Waals surface area contributed by atoms with Crippen LogP contribution in [0.3, 0.4) is 0 Å². The van der Waals surface area contributed by atoms with Crippen molar-refractivity contribution in [1.82, 2.24) is 4.57 Å². The van der Waals surface area contributed by atoms with Gasteiger partial charge >= 0.3 is 5.97 Å². The smallest absolute Gasteiger partial charge is 0.352 e. The molecule has 1 N–H and O–H groups in total. The van der Waals surface area contributed by atoms with Crippen molar-refractivity contribution in [1.29, 1.82) is 0 Å². The van der Waals surface area contributed by atoms with Crippen molar-refractivity contribution in [3.8, 4) is 11.3 Å². The molecule has 0 saturated heterocycles. The number of aromatic nitrogens is 1. The molecule has 17 heavy (non-hydrogen) atoms. The van der Waals surface area contributed by atoms with Crippen molar-refractivity contribution in [2.75, 3.05) is 0 Å². The first-order chi connectivity index (χ1) is 8.11. The van der Waals surface area contributed by atoms with Gasteiger partial charge in [-0.15, -0.1) is 0 Å². The summed E-state index contributed by atoms with van der Waals surface area (Å²) >= 11 is 0. The second kappa shape index (κ2) is 4.25. The SMILES string of the molecule is CC(=O)n1c(C(=O)O)ccc1-c1ccccc1. The fraction of sp³-hybridized carbons (Fsp3) is 0.0769. The Labute approximate surface area is 98.1 Å². The second-order valence-electron chi connectivity index (χ2n) is 3.63. The van der Waals surface area contributed by atoms with Gasteiger partial charge < -0.3 is 5.11 Å².